The second-order valence-corrected chi connectivity index (χ2v) is 6.37. The van der Waals surface area contributed by atoms with Gasteiger partial charge in [0.25, 0.3) is 5.91 Å². The highest BCUT2D eigenvalue weighted by Gasteiger charge is 2.44. The highest BCUT2D eigenvalue weighted by Crippen LogP contribution is 2.35. The molecule has 5 heteroatoms. The first-order valence-electron chi connectivity index (χ1n) is 9.14. The number of amides is 1. The summed E-state index contributed by atoms with van der Waals surface area (Å²) in [5.74, 6) is -0.0816. The molecule has 3 aromatic rings. The highest BCUT2D eigenvalue weighted by atomic mass is 16.5. The molecule has 0 aliphatic rings. The molecule has 5 nitrogen and oxygen atoms in total. The minimum absolute atomic E-state index is 0.0816. The van der Waals surface area contributed by atoms with Gasteiger partial charge in [-0.1, -0.05) is 60.7 Å². The van der Waals surface area contributed by atoms with Crippen molar-refractivity contribution in [2.45, 2.75) is 19.1 Å². The zero-order valence-corrected chi connectivity index (χ0v) is 15.8. The van der Waals surface area contributed by atoms with Crippen molar-refractivity contribution >= 4 is 5.91 Å². The summed E-state index contributed by atoms with van der Waals surface area (Å²) in [6, 6.07) is 19.4. The van der Waals surface area contributed by atoms with E-state index < -0.39 is 5.60 Å². The van der Waals surface area contributed by atoms with Gasteiger partial charge in [-0.3, -0.25) is 4.79 Å². The fourth-order valence-corrected chi connectivity index (χ4v) is 3.26. The summed E-state index contributed by atoms with van der Waals surface area (Å²) in [4.78, 5) is 19.5. The van der Waals surface area contributed by atoms with Gasteiger partial charge < -0.3 is 14.2 Å². The summed E-state index contributed by atoms with van der Waals surface area (Å²) in [5, 5.41) is 0. The molecule has 0 spiro atoms. The predicted molar refractivity (Wildman–Crippen MR) is 105 cm³/mol. The fraction of sp³-hybridized carbons (Fsp3) is 0.273. The number of hydrogen-bond acceptors (Lipinski definition) is 3. The quantitative estimate of drug-likeness (QED) is 0.617. The largest absolute Gasteiger partial charge is 0.356 e. The van der Waals surface area contributed by atoms with Gasteiger partial charge in [-0.2, -0.15) is 0 Å². The van der Waals surface area contributed by atoms with E-state index in [0.717, 1.165) is 11.1 Å². The summed E-state index contributed by atoms with van der Waals surface area (Å²) in [7, 11) is 1.82. The van der Waals surface area contributed by atoms with Gasteiger partial charge in [-0.05, 0) is 18.1 Å². The molecule has 140 valence electrons. The van der Waals surface area contributed by atoms with Crippen LogP contribution in [0, 0.1) is 0 Å². The molecule has 0 aliphatic carbocycles. The molecule has 1 heterocycles. The number of aromatic nitrogens is 2. The Balaban J connectivity index is 1.98. The van der Waals surface area contributed by atoms with Crippen molar-refractivity contribution in [3.05, 3.63) is 90.5 Å². The molecule has 0 saturated carbocycles. The van der Waals surface area contributed by atoms with E-state index in [9.17, 15) is 4.79 Å². The lowest BCUT2D eigenvalue weighted by molar-refractivity contribution is -0.153. The molecule has 0 fully saturated rings. The first kappa shape index (κ1) is 18.9. The van der Waals surface area contributed by atoms with E-state index in [1.54, 1.807) is 17.4 Å². The average Bonchev–Trinajstić information content (AvgIpc) is 3.25. The Morgan fingerprint density at radius 2 is 1.67 bits per heavy atom. The van der Waals surface area contributed by atoms with E-state index in [1.807, 2.05) is 85.4 Å². The average molecular weight is 363 g/mol. The van der Waals surface area contributed by atoms with E-state index in [0.29, 0.717) is 19.7 Å². The van der Waals surface area contributed by atoms with Crippen LogP contribution in [0.4, 0.5) is 0 Å². The number of imidazole rings is 1. The van der Waals surface area contributed by atoms with Gasteiger partial charge in [0.1, 0.15) is 0 Å². The number of benzene rings is 2. The maximum Gasteiger partial charge on any atom is 0.263 e. The third kappa shape index (κ3) is 3.93. The monoisotopic (exact) mass is 363 g/mol. The van der Waals surface area contributed by atoms with Crippen molar-refractivity contribution < 1.29 is 9.53 Å². The van der Waals surface area contributed by atoms with Gasteiger partial charge in [0.2, 0.25) is 0 Å². The van der Waals surface area contributed by atoms with Crippen LogP contribution in [0.5, 0.6) is 0 Å². The van der Waals surface area contributed by atoms with Crippen molar-refractivity contribution in [2.24, 2.45) is 0 Å². The van der Waals surface area contributed by atoms with Crippen LogP contribution >= 0.6 is 0 Å². The lowest BCUT2D eigenvalue weighted by Crippen LogP contribution is -2.49. The Hall–Kier alpha value is -2.92. The molecule has 3 rings (SSSR count). The Morgan fingerprint density at radius 3 is 2.15 bits per heavy atom. The second kappa shape index (κ2) is 8.64. The van der Waals surface area contributed by atoms with E-state index in [4.69, 9.17) is 4.74 Å². The summed E-state index contributed by atoms with van der Waals surface area (Å²) < 4.78 is 8.17. The highest BCUT2D eigenvalue weighted by molar-refractivity contribution is 5.90. The molecule has 0 saturated heterocycles. The van der Waals surface area contributed by atoms with Crippen molar-refractivity contribution in [2.75, 3.05) is 20.2 Å². The first-order valence-corrected chi connectivity index (χ1v) is 9.14. The van der Waals surface area contributed by atoms with Gasteiger partial charge in [0.05, 0.1) is 6.33 Å². The SMILES string of the molecule is CCOC(C(=O)N(C)CCn1ccnc1)(c1ccccc1)c1ccccc1. The molecule has 0 radical (unpaired) electrons. The Labute approximate surface area is 160 Å². The molecule has 2 aromatic carbocycles. The van der Waals surface area contributed by atoms with Crippen LogP contribution in [0.3, 0.4) is 0 Å². The fourth-order valence-electron chi connectivity index (χ4n) is 3.26. The van der Waals surface area contributed by atoms with Crippen LogP contribution < -0.4 is 0 Å². The second-order valence-electron chi connectivity index (χ2n) is 6.37. The number of likely N-dealkylation sites (N-methyl/N-ethyl adjacent to an activating group) is 1. The number of carbonyl (C=O) groups excluding carboxylic acids is 1. The van der Waals surface area contributed by atoms with E-state index in [1.165, 1.54) is 0 Å². The Morgan fingerprint density at radius 1 is 1.07 bits per heavy atom. The normalized spacial score (nSPS) is 11.3. The summed E-state index contributed by atoms with van der Waals surface area (Å²) in [6.45, 7) is 3.57. The number of rotatable bonds is 8. The minimum atomic E-state index is -1.17. The topological polar surface area (TPSA) is 47.4 Å². The minimum Gasteiger partial charge on any atom is -0.356 e. The Kier molecular flexibility index (Phi) is 6.04. The summed E-state index contributed by atoms with van der Waals surface area (Å²) in [6.07, 6.45) is 5.38. The van der Waals surface area contributed by atoms with Crippen LogP contribution in [0.1, 0.15) is 18.1 Å². The van der Waals surface area contributed by atoms with Gasteiger partial charge in [-0.15, -0.1) is 0 Å². The van der Waals surface area contributed by atoms with E-state index in [-0.39, 0.29) is 5.91 Å². The number of carbonyl (C=O) groups is 1. The smallest absolute Gasteiger partial charge is 0.263 e. The van der Waals surface area contributed by atoms with Crippen LogP contribution in [0.2, 0.25) is 0 Å². The third-order valence-electron chi connectivity index (χ3n) is 4.62. The van der Waals surface area contributed by atoms with Gasteiger partial charge >= 0.3 is 0 Å². The van der Waals surface area contributed by atoms with E-state index in [2.05, 4.69) is 4.98 Å². The third-order valence-corrected chi connectivity index (χ3v) is 4.62. The van der Waals surface area contributed by atoms with Crippen LogP contribution in [-0.2, 0) is 21.7 Å². The number of hydrogen-bond donors (Lipinski definition) is 0. The van der Waals surface area contributed by atoms with Crippen molar-refractivity contribution in [1.29, 1.82) is 0 Å². The van der Waals surface area contributed by atoms with Crippen molar-refractivity contribution in [3.63, 3.8) is 0 Å². The molecular weight excluding hydrogens is 338 g/mol. The lowest BCUT2D eigenvalue weighted by atomic mass is 9.84. The van der Waals surface area contributed by atoms with Crippen molar-refractivity contribution in [1.82, 2.24) is 14.5 Å². The molecule has 1 amide bonds. The molecule has 0 N–H and O–H groups in total. The van der Waals surface area contributed by atoms with E-state index >= 15 is 0 Å². The van der Waals surface area contributed by atoms with Crippen LogP contribution in [0.15, 0.2) is 79.4 Å². The molecule has 0 bridgehead atoms. The van der Waals surface area contributed by atoms with Gasteiger partial charge in [0.15, 0.2) is 5.60 Å². The summed E-state index contributed by atoms with van der Waals surface area (Å²) in [5.41, 5.74) is 0.496. The lowest BCUT2D eigenvalue weighted by Gasteiger charge is -2.36. The Bertz CT molecular complexity index is 793. The van der Waals surface area contributed by atoms with Crippen LogP contribution in [-0.4, -0.2) is 40.6 Å². The van der Waals surface area contributed by atoms with Gasteiger partial charge in [-0.25, -0.2) is 4.98 Å². The van der Waals surface area contributed by atoms with Crippen LogP contribution in [0.25, 0.3) is 0 Å². The molecule has 0 atom stereocenters. The summed E-state index contributed by atoms with van der Waals surface area (Å²) >= 11 is 0. The maximum absolute atomic E-state index is 13.7. The zero-order valence-electron chi connectivity index (χ0n) is 15.8. The molecule has 0 aliphatic heterocycles. The zero-order chi connectivity index (χ0) is 19.1. The maximum atomic E-state index is 13.7. The predicted octanol–water partition coefficient (Wildman–Crippen LogP) is 3.32. The molecule has 27 heavy (non-hydrogen) atoms. The van der Waals surface area contributed by atoms with Crippen molar-refractivity contribution in [3.8, 4) is 0 Å². The molecule has 1 aromatic heterocycles. The standard InChI is InChI=1S/C22H25N3O2/c1-3-27-22(19-10-6-4-7-11-19,20-12-8-5-9-13-20)21(26)24(2)16-17-25-15-14-23-18-25/h4-15,18H,3,16-17H2,1-2H3. The first-order chi connectivity index (χ1) is 13.2. The molecule has 0 unspecified atom stereocenters. The van der Waals surface area contributed by atoms with Gasteiger partial charge in [0, 0.05) is 39.1 Å². The number of ether oxygens (including phenoxy) is 1. The molecular formula is C22H25N3O2. The number of nitrogens with zero attached hydrogens (tertiary/aromatic N) is 3.